The number of piperazine rings is 1. The molecular formula is C28H32ClF4N7O. The van der Waals surface area contributed by atoms with Gasteiger partial charge < -0.3 is 20.0 Å². The summed E-state index contributed by atoms with van der Waals surface area (Å²) in [6.45, 7) is 7.33. The van der Waals surface area contributed by atoms with Gasteiger partial charge >= 0.3 is 6.18 Å². The third-order valence-electron chi connectivity index (χ3n) is 7.24. The molecule has 2 saturated heterocycles. The Labute approximate surface area is 241 Å². The molecule has 2 aromatic rings. The van der Waals surface area contributed by atoms with Gasteiger partial charge in [-0.25, -0.2) is 14.4 Å². The Balaban J connectivity index is 1.63. The predicted octanol–water partition coefficient (Wildman–Crippen LogP) is 5.07. The lowest BCUT2D eigenvalue weighted by Crippen LogP contribution is -2.47. The Kier molecular flexibility index (Phi) is 9.52. The standard InChI is InChI=1S/C28H32ClF4N7O/c1-4-5-20(28(31,32)33)25(34-2)39-14-12-38(13-15-39)24-17-23(19-6-7-22(30)21(29)16-19)36-27(37-24)40-10-8-18(9-11-40)26(41)35-3/h4-7,16-18H,2,8-15H2,1,3H3,(H,35,41)/b5-4-,25-20-. The van der Waals surface area contributed by atoms with Crippen molar-refractivity contribution in [3.8, 4) is 11.3 Å². The number of amides is 1. The van der Waals surface area contributed by atoms with Gasteiger partial charge in [-0.15, -0.1) is 0 Å². The molecule has 2 fully saturated rings. The van der Waals surface area contributed by atoms with E-state index in [1.807, 2.05) is 9.80 Å². The molecule has 1 amide bonds. The van der Waals surface area contributed by atoms with Gasteiger partial charge in [-0.3, -0.25) is 4.79 Å². The van der Waals surface area contributed by atoms with E-state index < -0.39 is 17.6 Å². The van der Waals surface area contributed by atoms with E-state index in [0.717, 1.165) is 6.08 Å². The molecule has 0 saturated carbocycles. The van der Waals surface area contributed by atoms with Crippen LogP contribution in [-0.4, -0.2) is 80.0 Å². The van der Waals surface area contributed by atoms with Gasteiger partial charge in [0.15, 0.2) is 0 Å². The second kappa shape index (κ2) is 12.9. The van der Waals surface area contributed by atoms with Crippen molar-refractivity contribution >= 4 is 36.0 Å². The molecule has 0 bridgehead atoms. The number of nitrogens with one attached hydrogen (secondary N) is 1. The third-order valence-corrected chi connectivity index (χ3v) is 7.53. The molecule has 13 heteroatoms. The van der Waals surface area contributed by atoms with Crippen LogP contribution in [-0.2, 0) is 4.79 Å². The van der Waals surface area contributed by atoms with Gasteiger partial charge in [0.05, 0.1) is 16.3 Å². The number of hydrogen-bond acceptors (Lipinski definition) is 7. The molecule has 0 spiro atoms. The van der Waals surface area contributed by atoms with Gasteiger partial charge in [-0.2, -0.15) is 18.2 Å². The van der Waals surface area contributed by atoms with E-state index in [1.165, 1.54) is 25.1 Å². The van der Waals surface area contributed by atoms with Crippen LogP contribution in [0, 0.1) is 11.7 Å². The molecule has 41 heavy (non-hydrogen) atoms. The first kappa shape index (κ1) is 30.3. The molecule has 0 aliphatic carbocycles. The molecule has 0 radical (unpaired) electrons. The summed E-state index contributed by atoms with van der Waals surface area (Å²) in [7, 11) is 1.62. The maximum Gasteiger partial charge on any atom is 0.419 e. The first-order valence-corrected chi connectivity index (χ1v) is 13.6. The van der Waals surface area contributed by atoms with Crippen molar-refractivity contribution in [1.82, 2.24) is 20.2 Å². The second-order valence-corrected chi connectivity index (χ2v) is 10.2. The summed E-state index contributed by atoms with van der Waals surface area (Å²) in [6.07, 6.45) is -0.964. The summed E-state index contributed by atoms with van der Waals surface area (Å²) < 4.78 is 55.0. The molecule has 220 valence electrons. The molecular weight excluding hydrogens is 562 g/mol. The molecule has 0 atom stereocenters. The monoisotopic (exact) mass is 593 g/mol. The number of aliphatic imine (C=N–C) groups is 1. The number of benzene rings is 1. The Morgan fingerprint density at radius 3 is 2.34 bits per heavy atom. The minimum Gasteiger partial charge on any atom is -0.359 e. The predicted molar refractivity (Wildman–Crippen MR) is 153 cm³/mol. The van der Waals surface area contributed by atoms with Crippen molar-refractivity contribution in [3.63, 3.8) is 0 Å². The van der Waals surface area contributed by atoms with Crippen LogP contribution in [0.2, 0.25) is 5.02 Å². The fourth-order valence-corrected chi connectivity index (χ4v) is 5.22. The van der Waals surface area contributed by atoms with Gasteiger partial charge in [0.1, 0.15) is 17.5 Å². The fraction of sp³-hybridized carbons (Fsp3) is 0.429. The molecule has 1 N–H and O–H groups in total. The summed E-state index contributed by atoms with van der Waals surface area (Å²) in [4.78, 5) is 30.9. The first-order chi connectivity index (χ1) is 19.5. The number of piperidine rings is 1. The number of hydrogen-bond donors (Lipinski definition) is 1. The lowest BCUT2D eigenvalue weighted by Gasteiger charge is -2.38. The Hall–Kier alpha value is -3.67. The van der Waals surface area contributed by atoms with Crippen LogP contribution in [0.4, 0.5) is 29.3 Å². The summed E-state index contributed by atoms with van der Waals surface area (Å²) in [6, 6.07) is 6.12. The molecule has 0 unspecified atom stereocenters. The molecule has 1 aromatic heterocycles. The summed E-state index contributed by atoms with van der Waals surface area (Å²) in [5.41, 5.74) is 0.286. The Bertz CT molecular complexity index is 1330. The highest BCUT2D eigenvalue weighted by Crippen LogP contribution is 2.33. The number of carbonyl (C=O) groups is 1. The Morgan fingerprint density at radius 2 is 1.78 bits per heavy atom. The lowest BCUT2D eigenvalue weighted by atomic mass is 9.96. The van der Waals surface area contributed by atoms with E-state index in [1.54, 1.807) is 24.1 Å². The topological polar surface area (TPSA) is 77.0 Å². The van der Waals surface area contributed by atoms with Crippen LogP contribution in [0.5, 0.6) is 0 Å². The highest BCUT2D eigenvalue weighted by molar-refractivity contribution is 6.31. The van der Waals surface area contributed by atoms with E-state index in [-0.39, 0.29) is 35.8 Å². The van der Waals surface area contributed by atoms with E-state index in [2.05, 4.69) is 17.0 Å². The van der Waals surface area contributed by atoms with Gasteiger partial charge in [-0.1, -0.05) is 23.8 Å². The van der Waals surface area contributed by atoms with E-state index in [9.17, 15) is 22.4 Å². The number of alkyl halides is 3. The normalized spacial score (nSPS) is 17.6. The van der Waals surface area contributed by atoms with Crippen molar-refractivity contribution in [1.29, 1.82) is 0 Å². The number of allylic oxidation sites excluding steroid dienone is 3. The third kappa shape index (κ3) is 6.98. The van der Waals surface area contributed by atoms with Crippen molar-refractivity contribution in [2.24, 2.45) is 10.9 Å². The molecule has 1 aromatic carbocycles. The number of nitrogens with zero attached hydrogens (tertiary/aromatic N) is 6. The van der Waals surface area contributed by atoms with Crippen molar-refractivity contribution in [2.75, 3.05) is 56.1 Å². The smallest absolute Gasteiger partial charge is 0.359 e. The largest absolute Gasteiger partial charge is 0.419 e. The summed E-state index contributed by atoms with van der Waals surface area (Å²) in [5.74, 6) is 0.196. The van der Waals surface area contributed by atoms with E-state index in [0.29, 0.717) is 62.0 Å². The number of carbonyl (C=O) groups excluding carboxylic acids is 1. The maximum atomic E-state index is 13.9. The minimum absolute atomic E-state index is 0.00405. The van der Waals surface area contributed by atoms with Crippen LogP contribution >= 0.6 is 11.6 Å². The van der Waals surface area contributed by atoms with Crippen LogP contribution in [0.25, 0.3) is 11.3 Å². The van der Waals surface area contributed by atoms with Gasteiger partial charge in [-0.05, 0) is 44.7 Å². The highest BCUT2D eigenvalue weighted by atomic mass is 35.5. The molecule has 2 aliphatic heterocycles. The zero-order valence-electron chi connectivity index (χ0n) is 22.9. The summed E-state index contributed by atoms with van der Waals surface area (Å²) in [5, 5.41) is 2.66. The van der Waals surface area contributed by atoms with Crippen molar-refractivity contribution < 1.29 is 22.4 Å². The van der Waals surface area contributed by atoms with Crippen LogP contribution in [0.3, 0.4) is 0 Å². The lowest BCUT2D eigenvalue weighted by molar-refractivity contribution is -0.125. The maximum absolute atomic E-state index is 13.9. The first-order valence-electron chi connectivity index (χ1n) is 13.3. The molecule has 8 nitrogen and oxygen atoms in total. The SMILES string of the molecule is C=N/C(=C(\C=C/C)C(F)(F)F)N1CCN(c2cc(-c3ccc(F)c(Cl)c3)nc(N3CCC(C(=O)NC)CC3)n2)CC1. The molecule has 2 aliphatic rings. The van der Waals surface area contributed by atoms with Crippen molar-refractivity contribution in [3.05, 3.63) is 58.7 Å². The minimum atomic E-state index is -4.57. The zero-order valence-corrected chi connectivity index (χ0v) is 23.6. The average Bonchev–Trinajstić information content (AvgIpc) is 2.97. The number of aromatic nitrogens is 2. The number of rotatable bonds is 7. The number of anilines is 2. The highest BCUT2D eigenvalue weighted by Gasteiger charge is 2.37. The Morgan fingerprint density at radius 1 is 1.10 bits per heavy atom. The zero-order chi connectivity index (χ0) is 29.7. The average molecular weight is 594 g/mol. The fourth-order valence-electron chi connectivity index (χ4n) is 5.04. The summed E-state index contributed by atoms with van der Waals surface area (Å²) >= 11 is 6.05. The van der Waals surface area contributed by atoms with E-state index in [4.69, 9.17) is 21.6 Å². The van der Waals surface area contributed by atoms with Gasteiger partial charge in [0, 0.05) is 63.9 Å². The second-order valence-electron chi connectivity index (χ2n) is 9.78. The van der Waals surface area contributed by atoms with Gasteiger partial charge in [0.25, 0.3) is 0 Å². The van der Waals surface area contributed by atoms with Crippen LogP contribution in [0.15, 0.2) is 52.8 Å². The van der Waals surface area contributed by atoms with Gasteiger partial charge in [0.2, 0.25) is 11.9 Å². The van der Waals surface area contributed by atoms with E-state index >= 15 is 0 Å². The van der Waals surface area contributed by atoms with Crippen LogP contribution in [0.1, 0.15) is 19.8 Å². The van der Waals surface area contributed by atoms with Crippen LogP contribution < -0.4 is 15.1 Å². The number of halogens is 5. The van der Waals surface area contributed by atoms with Crippen molar-refractivity contribution in [2.45, 2.75) is 25.9 Å². The molecule has 3 heterocycles. The quantitative estimate of drug-likeness (QED) is 0.274. The molecule has 4 rings (SSSR count).